The first-order valence-electron chi connectivity index (χ1n) is 6.21. The second-order valence-corrected chi connectivity index (χ2v) is 6.80. The van der Waals surface area contributed by atoms with Gasteiger partial charge in [-0.25, -0.2) is 8.42 Å². The van der Waals surface area contributed by atoms with Gasteiger partial charge in [0.25, 0.3) is 0 Å². The van der Waals surface area contributed by atoms with Gasteiger partial charge in [0.15, 0.2) is 0 Å². The van der Waals surface area contributed by atoms with Gasteiger partial charge in [0.05, 0.1) is 4.90 Å². The molecule has 1 aromatic carbocycles. The van der Waals surface area contributed by atoms with E-state index < -0.39 is 22.0 Å². The van der Waals surface area contributed by atoms with Crippen LogP contribution in [-0.4, -0.2) is 37.6 Å². The van der Waals surface area contributed by atoms with E-state index in [4.69, 9.17) is 0 Å². The number of imide groups is 1. The molecule has 1 unspecified atom stereocenters. The molecule has 0 aliphatic carbocycles. The van der Waals surface area contributed by atoms with Crippen molar-refractivity contribution in [2.24, 2.45) is 0 Å². The summed E-state index contributed by atoms with van der Waals surface area (Å²) in [6.07, 6.45) is 0.344. The number of likely N-dealkylation sites (N-methyl/N-ethyl adjacent to an activating group) is 1. The van der Waals surface area contributed by atoms with Crippen LogP contribution in [0, 0.1) is 6.92 Å². The molecule has 1 aromatic rings. The number of carbonyl (C=O) groups is 2. The Labute approximate surface area is 117 Å². The van der Waals surface area contributed by atoms with Gasteiger partial charge in [-0.1, -0.05) is 17.7 Å². The first-order chi connectivity index (χ1) is 9.32. The van der Waals surface area contributed by atoms with Gasteiger partial charge in [-0.15, -0.1) is 0 Å². The van der Waals surface area contributed by atoms with Crippen LogP contribution in [0.2, 0.25) is 0 Å². The first kappa shape index (κ1) is 14.7. The second-order valence-electron chi connectivity index (χ2n) is 4.80. The molecule has 1 heterocycles. The summed E-state index contributed by atoms with van der Waals surface area (Å²) in [6, 6.07) is 5.57. The topological polar surface area (TPSA) is 83.6 Å². The van der Waals surface area contributed by atoms with E-state index in [1.54, 1.807) is 12.1 Å². The molecule has 0 radical (unpaired) electrons. The van der Waals surface area contributed by atoms with Gasteiger partial charge in [-0.05, 0) is 25.5 Å². The number of nitrogens with zero attached hydrogens (tertiary/aromatic N) is 1. The second kappa shape index (κ2) is 5.34. The van der Waals surface area contributed by atoms with E-state index in [-0.39, 0.29) is 23.6 Å². The van der Waals surface area contributed by atoms with Crippen molar-refractivity contribution in [1.29, 1.82) is 0 Å². The van der Waals surface area contributed by atoms with Crippen LogP contribution in [0.1, 0.15) is 18.4 Å². The molecule has 1 saturated heterocycles. The third kappa shape index (κ3) is 2.73. The molecule has 1 aliphatic rings. The maximum absolute atomic E-state index is 12.4. The summed E-state index contributed by atoms with van der Waals surface area (Å²) in [4.78, 5) is 23.0. The molecule has 2 rings (SSSR count). The average Bonchev–Trinajstić information content (AvgIpc) is 2.38. The molecule has 0 aromatic heterocycles. The van der Waals surface area contributed by atoms with E-state index in [1.807, 2.05) is 6.92 Å². The number of nitrogens with one attached hydrogen (secondary N) is 1. The standard InChI is InChI=1S/C13H16N2O4S/c1-9-3-5-10(6-4-9)20(18,19)15(2)11-7-8-12(16)14-13(11)17/h3-6,11H,7-8H2,1-2H3,(H,14,16,17). The molecule has 0 spiro atoms. The van der Waals surface area contributed by atoms with Gasteiger partial charge in [0, 0.05) is 13.5 Å². The smallest absolute Gasteiger partial charge is 0.245 e. The van der Waals surface area contributed by atoms with E-state index in [2.05, 4.69) is 5.32 Å². The monoisotopic (exact) mass is 296 g/mol. The van der Waals surface area contributed by atoms with Crippen LogP contribution in [0.3, 0.4) is 0 Å². The van der Waals surface area contributed by atoms with Crippen molar-refractivity contribution < 1.29 is 18.0 Å². The van der Waals surface area contributed by atoms with Crippen molar-refractivity contribution in [2.75, 3.05) is 7.05 Å². The Morgan fingerprint density at radius 2 is 1.80 bits per heavy atom. The maximum Gasteiger partial charge on any atom is 0.245 e. The summed E-state index contributed by atoms with van der Waals surface area (Å²) in [7, 11) is -2.39. The van der Waals surface area contributed by atoms with Gasteiger partial charge in [0.1, 0.15) is 6.04 Å². The zero-order valence-corrected chi connectivity index (χ0v) is 12.1. The van der Waals surface area contributed by atoms with Crippen molar-refractivity contribution in [2.45, 2.75) is 30.7 Å². The van der Waals surface area contributed by atoms with Crippen LogP contribution < -0.4 is 5.32 Å². The highest BCUT2D eigenvalue weighted by atomic mass is 32.2. The summed E-state index contributed by atoms with van der Waals surface area (Å²) in [5.41, 5.74) is 0.951. The lowest BCUT2D eigenvalue weighted by Crippen LogP contribution is -2.52. The number of amides is 2. The van der Waals surface area contributed by atoms with Crippen LogP contribution in [0.4, 0.5) is 0 Å². The largest absolute Gasteiger partial charge is 0.295 e. The minimum Gasteiger partial charge on any atom is -0.295 e. The minimum atomic E-state index is -3.74. The Morgan fingerprint density at radius 3 is 2.35 bits per heavy atom. The van der Waals surface area contributed by atoms with Gasteiger partial charge in [-0.2, -0.15) is 4.31 Å². The summed E-state index contributed by atoms with van der Waals surface area (Å²) in [5.74, 6) is -0.938. The third-order valence-electron chi connectivity index (χ3n) is 3.35. The minimum absolute atomic E-state index is 0.135. The summed E-state index contributed by atoms with van der Waals surface area (Å²) in [5, 5.41) is 2.16. The molecule has 1 atom stereocenters. The zero-order chi connectivity index (χ0) is 14.9. The van der Waals surface area contributed by atoms with Crippen LogP contribution in [0.15, 0.2) is 29.2 Å². The molecule has 2 amide bonds. The number of hydrogen-bond donors (Lipinski definition) is 1. The van der Waals surface area contributed by atoms with E-state index in [0.717, 1.165) is 9.87 Å². The fourth-order valence-electron chi connectivity index (χ4n) is 2.07. The Hall–Kier alpha value is -1.73. The average molecular weight is 296 g/mol. The predicted octanol–water partition coefficient (Wildman–Crippen LogP) is 0.421. The zero-order valence-electron chi connectivity index (χ0n) is 11.3. The molecule has 0 saturated carbocycles. The van der Waals surface area contributed by atoms with Gasteiger partial charge in [0.2, 0.25) is 21.8 Å². The van der Waals surface area contributed by atoms with E-state index in [0.29, 0.717) is 0 Å². The molecular weight excluding hydrogens is 280 g/mol. The van der Waals surface area contributed by atoms with Gasteiger partial charge >= 0.3 is 0 Å². The Bertz CT molecular complexity index is 637. The number of rotatable bonds is 3. The Balaban J connectivity index is 2.27. The first-order valence-corrected chi connectivity index (χ1v) is 7.65. The van der Waals surface area contributed by atoms with Crippen LogP contribution >= 0.6 is 0 Å². The number of aryl methyl sites for hydroxylation is 1. The van der Waals surface area contributed by atoms with E-state index in [1.165, 1.54) is 19.2 Å². The summed E-state index contributed by atoms with van der Waals surface area (Å²) >= 11 is 0. The normalized spacial score (nSPS) is 20.1. The van der Waals surface area contributed by atoms with Crippen molar-refractivity contribution in [3.05, 3.63) is 29.8 Å². The van der Waals surface area contributed by atoms with Crippen LogP contribution in [0.25, 0.3) is 0 Å². The summed E-state index contributed by atoms with van der Waals surface area (Å²) in [6.45, 7) is 1.86. The Morgan fingerprint density at radius 1 is 1.20 bits per heavy atom. The molecule has 6 nitrogen and oxygen atoms in total. The number of hydrogen-bond acceptors (Lipinski definition) is 4. The molecular formula is C13H16N2O4S. The number of benzene rings is 1. The predicted molar refractivity (Wildman–Crippen MR) is 72.3 cm³/mol. The lowest BCUT2D eigenvalue weighted by Gasteiger charge is -2.28. The molecule has 108 valence electrons. The third-order valence-corrected chi connectivity index (χ3v) is 5.23. The van der Waals surface area contributed by atoms with Crippen molar-refractivity contribution in [1.82, 2.24) is 9.62 Å². The molecule has 0 bridgehead atoms. The highest BCUT2D eigenvalue weighted by Gasteiger charge is 2.36. The van der Waals surface area contributed by atoms with Crippen LogP contribution in [0.5, 0.6) is 0 Å². The SMILES string of the molecule is Cc1ccc(S(=O)(=O)N(C)C2CCC(=O)NC2=O)cc1. The Kier molecular flexibility index (Phi) is 3.92. The summed E-state index contributed by atoms with van der Waals surface area (Å²) < 4.78 is 25.9. The number of carbonyl (C=O) groups excluding carboxylic acids is 2. The fraction of sp³-hybridized carbons (Fsp3) is 0.385. The quantitative estimate of drug-likeness (QED) is 0.819. The molecule has 20 heavy (non-hydrogen) atoms. The van der Waals surface area contributed by atoms with Gasteiger partial charge < -0.3 is 0 Å². The number of piperidine rings is 1. The lowest BCUT2D eigenvalue weighted by molar-refractivity contribution is -0.135. The molecule has 1 aliphatic heterocycles. The van der Waals surface area contributed by atoms with Crippen LogP contribution in [-0.2, 0) is 19.6 Å². The highest BCUT2D eigenvalue weighted by Crippen LogP contribution is 2.20. The van der Waals surface area contributed by atoms with E-state index >= 15 is 0 Å². The molecule has 7 heteroatoms. The molecule has 1 N–H and O–H groups in total. The number of sulfonamides is 1. The highest BCUT2D eigenvalue weighted by molar-refractivity contribution is 7.89. The van der Waals surface area contributed by atoms with E-state index in [9.17, 15) is 18.0 Å². The fourth-order valence-corrected chi connectivity index (χ4v) is 3.42. The maximum atomic E-state index is 12.4. The van der Waals surface area contributed by atoms with Crippen molar-refractivity contribution in [3.8, 4) is 0 Å². The lowest BCUT2D eigenvalue weighted by atomic mass is 10.1. The van der Waals surface area contributed by atoms with Gasteiger partial charge in [-0.3, -0.25) is 14.9 Å². The van der Waals surface area contributed by atoms with Crippen molar-refractivity contribution >= 4 is 21.8 Å². The molecule has 1 fully saturated rings. The van der Waals surface area contributed by atoms with Crippen molar-refractivity contribution in [3.63, 3.8) is 0 Å².